The second-order valence-corrected chi connectivity index (χ2v) is 5.06. The maximum Gasteiger partial charge on any atom is 0.483 e. The summed E-state index contributed by atoms with van der Waals surface area (Å²) in [5, 5.41) is 43.3. The summed E-state index contributed by atoms with van der Waals surface area (Å²) in [7, 11) is 0. The van der Waals surface area contributed by atoms with Gasteiger partial charge in [-0.25, -0.2) is 0 Å². The van der Waals surface area contributed by atoms with E-state index in [9.17, 15) is 40.5 Å². The number of nitro benzene ring substituents is 2. The molecule has 112 valence electrons. The van der Waals surface area contributed by atoms with Gasteiger partial charge in [-0.1, -0.05) is 0 Å². The summed E-state index contributed by atoms with van der Waals surface area (Å²) in [6.45, 7) is 0. The van der Waals surface area contributed by atoms with Crippen molar-refractivity contribution in [3.8, 4) is 0 Å². The zero-order valence-corrected chi connectivity index (χ0v) is 12.6. The summed E-state index contributed by atoms with van der Waals surface area (Å²) in [5.74, 6) is 0. The van der Waals surface area contributed by atoms with E-state index in [0.29, 0.717) is 6.07 Å². The highest BCUT2D eigenvalue weighted by Gasteiger charge is 2.45. The van der Waals surface area contributed by atoms with Crippen molar-refractivity contribution < 1.29 is 19.7 Å². The Balaban J connectivity index is 3.83. The third kappa shape index (κ3) is 3.10. The first-order chi connectivity index (χ1) is 9.59. The summed E-state index contributed by atoms with van der Waals surface area (Å²) < 4.78 is -1.07. The van der Waals surface area contributed by atoms with E-state index >= 15 is 0 Å². The molecule has 0 amide bonds. The van der Waals surface area contributed by atoms with Crippen LogP contribution in [-0.4, -0.2) is 19.7 Å². The predicted molar refractivity (Wildman–Crippen MR) is 71.9 cm³/mol. The fourth-order valence-corrected chi connectivity index (χ4v) is 3.06. The van der Waals surface area contributed by atoms with E-state index in [0.717, 1.165) is 0 Å². The van der Waals surface area contributed by atoms with Crippen LogP contribution in [0.3, 0.4) is 0 Å². The summed E-state index contributed by atoms with van der Waals surface area (Å²) in [6.07, 6.45) is -2.63. The summed E-state index contributed by atoms with van der Waals surface area (Å²) in [4.78, 5) is 38.4. The Morgan fingerprint density at radius 2 is 1.29 bits per heavy atom. The lowest BCUT2D eigenvalue weighted by Crippen LogP contribution is -2.21. The summed E-state index contributed by atoms with van der Waals surface area (Å²) >= 11 is 5.30. The molecule has 0 aliphatic heterocycles. The van der Waals surface area contributed by atoms with Crippen molar-refractivity contribution in [1.29, 1.82) is 0 Å². The van der Waals surface area contributed by atoms with Crippen molar-refractivity contribution in [2.45, 2.75) is 6.17 Å². The van der Waals surface area contributed by atoms with E-state index in [2.05, 4.69) is 31.9 Å². The van der Waals surface area contributed by atoms with E-state index in [1.807, 2.05) is 0 Å². The van der Waals surface area contributed by atoms with Crippen LogP contribution < -0.4 is 0 Å². The van der Waals surface area contributed by atoms with Crippen molar-refractivity contribution in [1.82, 2.24) is 0 Å². The lowest BCUT2D eigenvalue weighted by molar-refractivity contribution is -0.753. The summed E-state index contributed by atoms with van der Waals surface area (Å²) in [6, 6.07) is 0.622. The lowest BCUT2D eigenvalue weighted by atomic mass is 10.1. The maximum atomic E-state index is 11.0. The Bertz CT molecular complexity index is 663. The van der Waals surface area contributed by atoms with Crippen LogP contribution in [0.1, 0.15) is 11.7 Å². The molecule has 0 saturated carbocycles. The van der Waals surface area contributed by atoms with Gasteiger partial charge in [-0.05, 0) is 37.9 Å². The number of nitrogens with zero attached hydrogens (tertiary/aromatic N) is 4. The number of nitro groups is 4. The molecule has 0 aromatic heterocycles. The maximum absolute atomic E-state index is 11.0. The van der Waals surface area contributed by atoms with Gasteiger partial charge in [0.25, 0.3) is 0 Å². The Morgan fingerprint density at radius 3 is 1.62 bits per heavy atom. The molecule has 0 radical (unpaired) electrons. The van der Waals surface area contributed by atoms with Gasteiger partial charge in [0.05, 0.1) is 14.3 Å². The fraction of sp³-hybridized carbons (Fsp3) is 0.143. The Morgan fingerprint density at radius 1 is 0.857 bits per heavy atom. The monoisotopic (exact) mass is 428 g/mol. The van der Waals surface area contributed by atoms with Crippen molar-refractivity contribution >= 4 is 43.2 Å². The van der Waals surface area contributed by atoms with E-state index in [1.54, 1.807) is 0 Å². The molecule has 12 nitrogen and oxygen atoms in total. The highest BCUT2D eigenvalue weighted by Crippen LogP contribution is 2.44. The zero-order chi connectivity index (χ0) is 16.5. The molecular formula is C7H2Br2N4O8. The first-order valence-corrected chi connectivity index (χ1v) is 6.25. The average Bonchev–Trinajstić information content (AvgIpc) is 2.25. The minimum atomic E-state index is -2.63. The van der Waals surface area contributed by atoms with Crippen molar-refractivity contribution in [2.24, 2.45) is 0 Å². The molecule has 14 heteroatoms. The molecular weight excluding hydrogens is 428 g/mol. The van der Waals surface area contributed by atoms with Crippen LogP contribution in [0, 0.1) is 40.5 Å². The molecule has 0 aliphatic carbocycles. The highest BCUT2D eigenvalue weighted by atomic mass is 79.9. The van der Waals surface area contributed by atoms with E-state index in [4.69, 9.17) is 0 Å². The van der Waals surface area contributed by atoms with Crippen LogP contribution in [0.25, 0.3) is 0 Å². The molecule has 1 rings (SSSR count). The predicted octanol–water partition coefficient (Wildman–Crippen LogP) is 2.58. The molecule has 1 aromatic carbocycles. The first kappa shape index (κ1) is 16.8. The Kier molecular flexibility index (Phi) is 4.84. The quantitative estimate of drug-likeness (QED) is 0.389. The third-order valence-electron chi connectivity index (χ3n) is 2.24. The average molecular weight is 430 g/mol. The summed E-state index contributed by atoms with van der Waals surface area (Å²) in [5.41, 5.74) is -2.77. The standard InChI is InChI=1S/C7H2Br2N4O8/c8-3-1-2(7(12(18)19)13(20)21)5(10(14)15)4(9)6(3)11(16)17/h1,7H. The normalized spacial score (nSPS) is 10.4. The van der Waals surface area contributed by atoms with E-state index in [1.165, 1.54) is 0 Å². The van der Waals surface area contributed by atoms with Crippen molar-refractivity contribution in [2.75, 3.05) is 0 Å². The van der Waals surface area contributed by atoms with Crippen LogP contribution in [-0.2, 0) is 0 Å². The molecule has 0 aliphatic rings. The van der Waals surface area contributed by atoms with Crippen LogP contribution >= 0.6 is 31.9 Å². The van der Waals surface area contributed by atoms with Crippen LogP contribution in [0.4, 0.5) is 11.4 Å². The molecule has 0 N–H and O–H groups in total. The molecule has 0 bridgehead atoms. The van der Waals surface area contributed by atoms with Gasteiger partial charge in [0.15, 0.2) is 10.0 Å². The molecule has 0 atom stereocenters. The topological polar surface area (TPSA) is 173 Å². The Hall–Kier alpha value is -2.22. The zero-order valence-electron chi connectivity index (χ0n) is 9.47. The Labute approximate surface area is 130 Å². The number of rotatable bonds is 5. The van der Waals surface area contributed by atoms with Crippen LogP contribution in [0.2, 0.25) is 0 Å². The minimum absolute atomic E-state index is 0.367. The number of halogens is 2. The van der Waals surface area contributed by atoms with Crippen molar-refractivity contribution in [3.63, 3.8) is 0 Å². The van der Waals surface area contributed by atoms with Gasteiger partial charge in [-0.2, -0.15) is 0 Å². The van der Waals surface area contributed by atoms with Gasteiger partial charge in [-0.3, -0.25) is 40.5 Å². The van der Waals surface area contributed by atoms with Gasteiger partial charge in [0, 0.05) is 0 Å². The SMILES string of the molecule is O=[N+]([O-])c1c(Br)cc(C([N+](=O)[O-])[N+](=O)[O-])c([N+](=O)[O-])c1Br. The van der Waals surface area contributed by atoms with Gasteiger partial charge in [0.2, 0.25) is 0 Å². The highest BCUT2D eigenvalue weighted by molar-refractivity contribution is 9.11. The second-order valence-electron chi connectivity index (χ2n) is 3.42. The molecule has 0 unspecified atom stereocenters. The third-order valence-corrected chi connectivity index (χ3v) is 3.60. The first-order valence-electron chi connectivity index (χ1n) is 4.67. The van der Waals surface area contributed by atoms with Gasteiger partial charge in [0.1, 0.15) is 9.85 Å². The smallest absolute Gasteiger partial charge is 0.258 e. The number of hydrogen-bond acceptors (Lipinski definition) is 8. The second kappa shape index (κ2) is 6.04. The minimum Gasteiger partial charge on any atom is -0.258 e. The number of hydrogen-bond donors (Lipinski definition) is 0. The molecule has 0 heterocycles. The molecule has 1 aromatic rings. The fourth-order valence-electron chi connectivity index (χ4n) is 1.47. The largest absolute Gasteiger partial charge is 0.483 e. The molecule has 0 saturated heterocycles. The van der Waals surface area contributed by atoms with E-state index in [-0.39, 0.29) is 4.47 Å². The van der Waals surface area contributed by atoms with Crippen LogP contribution in [0.15, 0.2) is 15.0 Å². The van der Waals surface area contributed by atoms with E-state index < -0.39 is 47.3 Å². The molecule has 0 fully saturated rings. The van der Waals surface area contributed by atoms with Gasteiger partial charge in [-0.15, -0.1) is 0 Å². The van der Waals surface area contributed by atoms with Gasteiger partial charge >= 0.3 is 17.5 Å². The van der Waals surface area contributed by atoms with Gasteiger partial charge < -0.3 is 0 Å². The number of benzene rings is 1. The lowest BCUT2D eigenvalue weighted by Gasteiger charge is -2.06. The molecule has 21 heavy (non-hydrogen) atoms. The van der Waals surface area contributed by atoms with Crippen LogP contribution in [0.5, 0.6) is 0 Å². The molecule has 0 spiro atoms. The van der Waals surface area contributed by atoms with Crippen molar-refractivity contribution in [3.05, 3.63) is 61.0 Å².